The van der Waals surface area contributed by atoms with Gasteiger partial charge in [-0.15, -0.1) is 0 Å². The number of ether oxygens (including phenoxy) is 1. The average Bonchev–Trinajstić information content (AvgIpc) is 2.70. The maximum atomic E-state index is 13.2. The molecule has 0 unspecified atom stereocenters. The van der Waals surface area contributed by atoms with E-state index in [4.69, 9.17) is 4.74 Å². The first-order valence-electron chi connectivity index (χ1n) is 4.64. The van der Waals surface area contributed by atoms with E-state index >= 15 is 0 Å². The van der Waals surface area contributed by atoms with Gasteiger partial charge in [0, 0.05) is 24.0 Å². The minimum Gasteiger partial charge on any atom is -0.427 e. The van der Waals surface area contributed by atoms with Crippen molar-refractivity contribution in [3.63, 3.8) is 0 Å². The Morgan fingerprint density at radius 1 is 1.38 bits per heavy atom. The Hall–Kier alpha value is -1.56. The molecule has 0 atom stereocenters. The molecule has 2 rings (SSSR count). The van der Waals surface area contributed by atoms with Gasteiger partial charge in [0.2, 0.25) is 0 Å². The lowest BCUT2D eigenvalue weighted by atomic mass is 10.3. The van der Waals surface area contributed by atoms with Gasteiger partial charge in [-0.2, -0.15) is 9.36 Å². The number of hydrogen-bond acceptors (Lipinski definition) is 4. The van der Waals surface area contributed by atoms with Crippen LogP contribution in [0.25, 0.3) is 0 Å². The van der Waals surface area contributed by atoms with Crippen LogP contribution in [0.2, 0.25) is 0 Å². The topological polar surface area (TPSA) is 35.0 Å². The Morgan fingerprint density at radius 3 is 2.81 bits per heavy atom. The summed E-state index contributed by atoms with van der Waals surface area (Å²) < 4.78 is 35.0. The van der Waals surface area contributed by atoms with Crippen LogP contribution in [0.1, 0.15) is 12.7 Å². The van der Waals surface area contributed by atoms with Crippen LogP contribution < -0.4 is 4.74 Å². The molecule has 0 radical (unpaired) electrons. The van der Waals surface area contributed by atoms with Gasteiger partial charge >= 0.3 is 0 Å². The van der Waals surface area contributed by atoms with Crippen molar-refractivity contribution in [2.75, 3.05) is 0 Å². The zero-order valence-corrected chi connectivity index (χ0v) is 9.22. The Balaban J connectivity index is 2.20. The van der Waals surface area contributed by atoms with Crippen LogP contribution >= 0.6 is 11.5 Å². The highest BCUT2D eigenvalue weighted by Crippen LogP contribution is 2.26. The third-order valence-corrected chi connectivity index (χ3v) is 2.49. The fourth-order valence-corrected chi connectivity index (χ4v) is 1.70. The van der Waals surface area contributed by atoms with Crippen molar-refractivity contribution in [3.8, 4) is 10.9 Å². The van der Waals surface area contributed by atoms with E-state index in [9.17, 15) is 8.78 Å². The summed E-state index contributed by atoms with van der Waals surface area (Å²) >= 11 is 1.04. The van der Waals surface area contributed by atoms with Crippen LogP contribution in [0.15, 0.2) is 18.2 Å². The van der Waals surface area contributed by atoms with E-state index in [0.717, 1.165) is 23.7 Å². The maximum absolute atomic E-state index is 13.2. The Morgan fingerprint density at radius 2 is 2.19 bits per heavy atom. The third kappa shape index (κ3) is 2.33. The predicted molar refractivity (Wildman–Crippen MR) is 55.7 cm³/mol. The molecule has 2 aromatic rings. The fraction of sp³-hybridized carbons (Fsp3) is 0.200. The van der Waals surface area contributed by atoms with E-state index in [0.29, 0.717) is 12.2 Å². The number of hydrogen-bond donors (Lipinski definition) is 0. The van der Waals surface area contributed by atoms with Gasteiger partial charge in [-0.3, -0.25) is 0 Å². The van der Waals surface area contributed by atoms with Crippen molar-refractivity contribution < 1.29 is 13.5 Å². The first-order chi connectivity index (χ1) is 7.69. The Labute approximate surface area is 94.9 Å². The smallest absolute Gasteiger partial charge is 0.298 e. The Kier molecular flexibility index (Phi) is 3.09. The molecule has 0 saturated heterocycles. The molecule has 3 nitrogen and oxygen atoms in total. The molecule has 0 bridgehead atoms. The van der Waals surface area contributed by atoms with Gasteiger partial charge < -0.3 is 4.74 Å². The Bertz CT molecular complexity index is 501. The fourth-order valence-electron chi connectivity index (χ4n) is 1.08. The van der Waals surface area contributed by atoms with E-state index in [1.807, 2.05) is 6.92 Å². The average molecular weight is 242 g/mol. The van der Waals surface area contributed by atoms with Gasteiger partial charge in [0.15, 0.2) is 11.6 Å². The summed E-state index contributed by atoms with van der Waals surface area (Å²) in [7, 11) is 0. The molecule has 0 aliphatic carbocycles. The standard InChI is InChI=1S/C10H8F2N2OS/c1-2-9-13-10(16-14-9)15-8-4-3-6(11)5-7(8)12/h3-5H,2H2,1H3. The molecule has 1 aromatic heterocycles. The summed E-state index contributed by atoms with van der Waals surface area (Å²) in [4.78, 5) is 4.01. The van der Waals surface area contributed by atoms with Crippen molar-refractivity contribution in [1.29, 1.82) is 0 Å². The van der Waals surface area contributed by atoms with Crippen molar-refractivity contribution in [3.05, 3.63) is 35.7 Å². The van der Waals surface area contributed by atoms with Crippen LogP contribution in [0, 0.1) is 11.6 Å². The lowest BCUT2D eigenvalue weighted by Gasteiger charge is -2.01. The molecular weight excluding hydrogens is 234 g/mol. The second-order valence-electron chi connectivity index (χ2n) is 3.01. The summed E-state index contributed by atoms with van der Waals surface area (Å²) in [6.45, 7) is 1.91. The van der Waals surface area contributed by atoms with Crippen LogP contribution in [-0.4, -0.2) is 9.36 Å². The third-order valence-electron chi connectivity index (χ3n) is 1.86. The number of aromatic nitrogens is 2. The first-order valence-corrected chi connectivity index (χ1v) is 5.42. The quantitative estimate of drug-likeness (QED) is 0.829. The number of halogens is 2. The molecule has 1 aromatic carbocycles. The second kappa shape index (κ2) is 4.52. The van der Waals surface area contributed by atoms with E-state index in [-0.39, 0.29) is 10.9 Å². The maximum Gasteiger partial charge on any atom is 0.298 e. The lowest BCUT2D eigenvalue weighted by Crippen LogP contribution is -1.89. The van der Waals surface area contributed by atoms with Gasteiger partial charge in [-0.25, -0.2) is 8.78 Å². The van der Waals surface area contributed by atoms with Crippen molar-refractivity contribution in [1.82, 2.24) is 9.36 Å². The largest absolute Gasteiger partial charge is 0.427 e. The zero-order valence-electron chi connectivity index (χ0n) is 8.41. The van der Waals surface area contributed by atoms with E-state index < -0.39 is 11.6 Å². The minimum atomic E-state index is -0.756. The number of rotatable bonds is 3. The summed E-state index contributed by atoms with van der Waals surface area (Å²) in [6, 6.07) is 3.11. The molecule has 0 aliphatic heterocycles. The lowest BCUT2D eigenvalue weighted by molar-refractivity contribution is 0.434. The van der Waals surface area contributed by atoms with Gasteiger partial charge in [0.1, 0.15) is 11.6 Å². The monoisotopic (exact) mass is 242 g/mol. The summed E-state index contributed by atoms with van der Waals surface area (Å²) in [5.74, 6) is -0.813. The number of benzene rings is 1. The number of nitrogens with zero attached hydrogens (tertiary/aromatic N) is 2. The molecule has 0 fully saturated rings. The summed E-state index contributed by atoms with van der Waals surface area (Å²) in [6.07, 6.45) is 0.686. The van der Waals surface area contributed by atoms with Crippen molar-refractivity contribution in [2.24, 2.45) is 0 Å². The molecule has 16 heavy (non-hydrogen) atoms. The predicted octanol–water partition coefficient (Wildman–Crippen LogP) is 3.17. The SMILES string of the molecule is CCc1nsc(Oc2ccc(F)cc2F)n1. The molecule has 0 saturated carbocycles. The van der Waals surface area contributed by atoms with Crippen LogP contribution in [-0.2, 0) is 6.42 Å². The van der Waals surface area contributed by atoms with Gasteiger partial charge in [-0.05, 0) is 12.1 Å². The van der Waals surface area contributed by atoms with E-state index in [1.54, 1.807) is 0 Å². The van der Waals surface area contributed by atoms with Gasteiger partial charge in [0.05, 0.1) is 0 Å². The minimum absolute atomic E-state index is 0.0554. The molecule has 6 heteroatoms. The molecule has 0 N–H and O–H groups in total. The molecule has 0 aliphatic rings. The summed E-state index contributed by atoms with van der Waals surface area (Å²) in [5, 5.41) is 0.252. The highest BCUT2D eigenvalue weighted by Gasteiger charge is 2.09. The van der Waals surface area contributed by atoms with Crippen molar-refractivity contribution in [2.45, 2.75) is 13.3 Å². The molecule has 0 amide bonds. The normalized spacial score (nSPS) is 10.4. The van der Waals surface area contributed by atoms with Crippen LogP contribution in [0.4, 0.5) is 8.78 Å². The van der Waals surface area contributed by atoms with Gasteiger partial charge in [-0.1, -0.05) is 6.92 Å². The highest BCUT2D eigenvalue weighted by molar-refractivity contribution is 7.07. The molecule has 0 spiro atoms. The van der Waals surface area contributed by atoms with Crippen LogP contribution in [0.3, 0.4) is 0 Å². The molecule has 84 valence electrons. The first kappa shape index (κ1) is 10.9. The van der Waals surface area contributed by atoms with Crippen LogP contribution in [0.5, 0.6) is 10.9 Å². The zero-order chi connectivity index (χ0) is 11.5. The molecule has 1 heterocycles. The van der Waals surface area contributed by atoms with Crippen molar-refractivity contribution >= 4 is 11.5 Å². The van der Waals surface area contributed by atoms with E-state index in [1.165, 1.54) is 6.07 Å². The highest BCUT2D eigenvalue weighted by atomic mass is 32.1. The van der Waals surface area contributed by atoms with E-state index in [2.05, 4.69) is 9.36 Å². The summed E-state index contributed by atoms with van der Waals surface area (Å²) in [5.41, 5.74) is 0. The van der Waals surface area contributed by atoms with Gasteiger partial charge in [0.25, 0.3) is 5.19 Å². The number of aryl methyl sites for hydroxylation is 1. The molecular formula is C10H8F2N2OS. The second-order valence-corrected chi connectivity index (χ2v) is 3.72.